The van der Waals surface area contributed by atoms with E-state index in [1.165, 1.54) is 33.5 Å². The molecule has 2 atom stereocenters. The molecular weight excluding hydrogens is 862 g/mol. The summed E-state index contributed by atoms with van der Waals surface area (Å²) >= 11 is 1.62. The number of aromatic nitrogens is 1. The van der Waals surface area contributed by atoms with E-state index in [1.807, 2.05) is 30.3 Å². The van der Waals surface area contributed by atoms with Crippen molar-refractivity contribution in [3.05, 3.63) is 160 Å². The maximum absolute atomic E-state index is 11.8. The van der Waals surface area contributed by atoms with Crippen LogP contribution in [0.5, 0.6) is 5.75 Å². The standard InChI is InChI=1S/C48H42N3OS.Pt/c1-28-22-29(2)44(30(3)23-28)51-40-25-33-16-10-11-19-36(33)42(40)49-46(51)34-18-12-17-32(24-34)37-20-13-21-41-43(37)50-47(53-41)39-27-35(48(4,5)6)26-38(45(39)52)31-14-8-7-9-15-31;/h7-23,26-27,40,42,52H,25H2,1-6H3;/q-1;/t40-,42+;/m1./s1. The maximum atomic E-state index is 11.8. The Balaban J connectivity index is 0.00000413. The number of thiazole rings is 1. The van der Waals surface area contributed by atoms with Crippen LogP contribution in [0.25, 0.3) is 43.0 Å². The van der Waals surface area contributed by atoms with Gasteiger partial charge in [0, 0.05) is 37.0 Å². The van der Waals surface area contributed by atoms with E-state index in [0.717, 1.165) is 66.4 Å². The van der Waals surface area contributed by atoms with Gasteiger partial charge in [0.2, 0.25) is 0 Å². The number of hydrogen-bond donors (Lipinski definition) is 1. The van der Waals surface area contributed by atoms with E-state index in [0.29, 0.717) is 0 Å². The Kier molecular flexibility index (Phi) is 9.23. The minimum absolute atomic E-state index is 0. The smallest absolute Gasteiger partial charge is 0.133 e. The summed E-state index contributed by atoms with van der Waals surface area (Å²) in [6, 6.07) is 44.6. The number of phenols is 1. The van der Waals surface area contributed by atoms with Crippen molar-refractivity contribution < 1.29 is 26.2 Å². The fourth-order valence-electron chi connectivity index (χ4n) is 8.42. The first-order valence-corrected chi connectivity index (χ1v) is 19.3. The van der Waals surface area contributed by atoms with Gasteiger partial charge in [0.05, 0.1) is 29.0 Å². The predicted octanol–water partition coefficient (Wildman–Crippen LogP) is 12.0. The summed E-state index contributed by atoms with van der Waals surface area (Å²) < 4.78 is 1.06. The van der Waals surface area contributed by atoms with Crippen molar-refractivity contribution in [3.8, 4) is 38.6 Å². The van der Waals surface area contributed by atoms with Crippen molar-refractivity contribution in [2.75, 3.05) is 4.90 Å². The first-order valence-electron chi connectivity index (χ1n) is 18.4. The number of aliphatic imine (C=N–C) groups is 1. The molecule has 1 N–H and O–H groups in total. The SMILES string of the molecule is Cc1cc(C)c(N2C(c3[c-]c(-c4cccc5sc(-c6cc(C(C)(C)C)cc(-c7ccccc7)c6O)nc45)ccc3)=N[C@H]3c4ccccc4C[C@H]32)c(C)c1.[Pt]. The Bertz CT molecular complexity index is 2580. The molecule has 0 amide bonds. The van der Waals surface area contributed by atoms with Gasteiger partial charge < -0.3 is 10.0 Å². The van der Waals surface area contributed by atoms with Crippen LogP contribution in [-0.2, 0) is 32.9 Å². The number of aromatic hydroxyl groups is 1. The van der Waals surface area contributed by atoms with Crippen LogP contribution in [0.1, 0.15) is 65.8 Å². The van der Waals surface area contributed by atoms with E-state index in [4.69, 9.17) is 9.98 Å². The zero-order valence-corrected chi connectivity index (χ0v) is 34.4. The molecule has 2 heterocycles. The summed E-state index contributed by atoms with van der Waals surface area (Å²) in [5, 5.41) is 12.6. The first-order chi connectivity index (χ1) is 25.5. The largest absolute Gasteiger partial charge is 0.507 e. The van der Waals surface area contributed by atoms with Crippen LogP contribution in [-0.4, -0.2) is 22.0 Å². The number of rotatable bonds is 5. The van der Waals surface area contributed by atoms with Crippen LogP contribution >= 0.6 is 11.3 Å². The number of nitrogens with zero attached hydrogens (tertiary/aromatic N) is 3. The molecule has 1 aliphatic heterocycles. The van der Waals surface area contributed by atoms with Gasteiger partial charge in [-0.3, -0.25) is 4.99 Å². The molecule has 4 nitrogen and oxygen atoms in total. The van der Waals surface area contributed by atoms with Gasteiger partial charge in [-0.05, 0) is 84.2 Å². The average molecular weight is 904 g/mol. The van der Waals surface area contributed by atoms with Crippen molar-refractivity contribution in [3.63, 3.8) is 0 Å². The fourth-order valence-corrected chi connectivity index (χ4v) is 9.43. The van der Waals surface area contributed by atoms with Gasteiger partial charge in [0.15, 0.2) is 0 Å². The topological polar surface area (TPSA) is 48.7 Å². The molecule has 0 radical (unpaired) electrons. The molecule has 0 fully saturated rings. The summed E-state index contributed by atoms with van der Waals surface area (Å²) in [4.78, 5) is 13.3. The molecule has 1 aliphatic carbocycles. The Morgan fingerprint density at radius 3 is 2.20 bits per heavy atom. The van der Waals surface area contributed by atoms with Crippen LogP contribution in [0.15, 0.2) is 120 Å². The van der Waals surface area contributed by atoms with Crippen LogP contribution in [0.3, 0.4) is 0 Å². The van der Waals surface area contributed by atoms with Gasteiger partial charge in [-0.25, -0.2) is 4.98 Å². The first kappa shape index (κ1) is 36.2. The minimum atomic E-state index is -0.115. The van der Waals surface area contributed by atoms with E-state index in [2.05, 4.69) is 137 Å². The van der Waals surface area contributed by atoms with Gasteiger partial charge >= 0.3 is 0 Å². The molecular formula is C48H42N3OPtS-. The van der Waals surface area contributed by atoms with Crippen molar-refractivity contribution in [1.29, 1.82) is 0 Å². The Labute approximate surface area is 336 Å². The molecule has 7 aromatic rings. The molecule has 6 aromatic carbocycles. The third-order valence-corrected chi connectivity index (χ3v) is 12.0. The average Bonchev–Trinajstić information content (AvgIpc) is 3.84. The quantitative estimate of drug-likeness (QED) is 0.175. The Morgan fingerprint density at radius 2 is 1.44 bits per heavy atom. The molecule has 0 unspecified atom stereocenters. The summed E-state index contributed by atoms with van der Waals surface area (Å²) in [6.45, 7) is 13.2. The molecule has 54 heavy (non-hydrogen) atoms. The molecule has 0 saturated heterocycles. The molecule has 9 rings (SSSR count). The monoisotopic (exact) mass is 903 g/mol. The summed E-state index contributed by atoms with van der Waals surface area (Å²) in [7, 11) is 0. The third-order valence-electron chi connectivity index (χ3n) is 10.9. The normalized spacial score (nSPS) is 16.3. The van der Waals surface area contributed by atoms with Crippen LogP contribution < -0.4 is 4.90 Å². The predicted molar refractivity (Wildman–Crippen MR) is 221 cm³/mol. The Morgan fingerprint density at radius 1 is 0.759 bits per heavy atom. The number of phenolic OH excluding ortho intramolecular Hbond substituents is 1. The minimum Gasteiger partial charge on any atom is -0.507 e. The van der Waals surface area contributed by atoms with E-state index in [1.54, 1.807) is 11.3 Å². The van der Waals surface area contributed by atoms with Gasteiger partial charge in [-0.2, -0.15) is 0 Å². The Hall–Kier alpha value is -4.83. The second-order valence-corrected chi connectivity index (χ2v) is 16.7. The fraction of sp³-hybridized carbons (Fsp3) is 0.208. The molecule has 1 aromatic heterocycles. The van der Waals surface area contributed by atoms with Crippen LogP contribution in [0, 0.1) is 26.8 Å². The van der Waals surface area contributed by atoms with E-state index < -0.39 is 0 Å². The number of para-hydroxylation sites is 1. The van der Waals surface area contributed by atoms with E-state index in [9.17, 15) is 5.11 Å². The van der Waals surface area contributed by atoms with Crippen molar-refractivity contribution in [2.24, 2.45) is 4.99 Å². The number of benzene rings is 6. The molecule has 6 heteroatoms. The maximum Gasteiger partial charge on any atom is 0.133 e. The number of hydrogen-bond acceptors (Lipinski definition) is 5. The molecule has 0 spiro atoms. The molecule has 2 aliphatic rings. The van der Waals surface area contributed by atoms with Gasteiger partial charge in [0.1, 0.15) is 10.8 Å². The molecule has 272 valence electrons. The third kappa shape index (κ3) is 6.12. The van der Waals surface area contributed by atoms with E-state index >= 15 is 0 Å². The summed E-state index contributed by atoms with van der Waals surface area (Å²) in [5.74, 6) is 1.22. The van der Waals surface area contributed by atoms with Crippen molar-refractivity contribution >= 4 is 33.1 Å². The summed E-state index contributed by atoms with van der Waals surface area (Å²) in [5.41, 5.74) is 15.2. The van der Waals surface area contributed by atoms with Crippen LogP contribution in [0.4, 0.5) is 5.69 Å². The van der Waals surface area contributed by atoms with Crippen molar-refractivity contribution in [2.45, 2.75) is 65.5 Å². The molecule has 0 saturated carbocycles. The molecule has 0 bridgehead atoms. The zero-order chi connectivity index (χ0) is 36.6. The van der Waals surface area contributed by atoms with Gasteiger partial charge in [0.25, 0.3) is 0 Å². The second kappa shape index (κ2) is 13.8. The van der Waals surface area contributed by atoms with Gasteiger partial charge in [-0.15, -0.1) is 41.2 Å². The van der Waals surface area contributed by atoms with Crippen LogP contribution in [0.2, 0.25) is 0 Å². The zero-order valence-electron chi connectivity index (χ0n) is 31.3. The number of amidine groups is 1. The summed E-state index contributed by atoms with van der Waals surface area (Å²) in [6.07, 6.45) is 0.955. The number of fused-ring (bicyclic) bond motifs is 4. The van der Waals surface area contributed by atoms with E-state index in [-0.39, 0.29) is 44.3 Å². The van der Waals surface area contributed by atoms with Crippen molar-refractivity contribution in [1.82, 2.24) is 4.98 Å². The number of anilines is 1. The number of aryl methyl sites for hydroxylation is 3. The second-order valence-electron chi connectivity index (χ2n) is 15.7. The van der Waals surface area contributed by atoms with Gasteiger partial charge in [-0.1, -0.05) is 116 Å².